The Morgan fingerprint density at radius 3 is 2.55 bits per heavy atom. The van der Waals surface area contributed by atoms with Crippen molar-refractivity contribution in [3.63, 3.8) is 0 Å². The monoisotopic (exact) mass is 275 g/mol. The zero-order valence-corrected chi connectivity index (χ0v) is 11.9. The van der Waals surface area contributed by atoms with Gasteiger partial charge in [-0.1, -0.05) is 0 Å². The molecule has 2 N–H and O–H groups in total. The third-order valence-corrected chi connectivity index (χ3v) is 3.21. The zero-order valence-electron chi connectivity index (χ0n) is 11.9. The van der Waals surface area contributed by atoms with Crippen LogP contribution in [0.2, 0.25) is 0 Å². The average molecular weight is 275 g/mol. The highest BCUT2D eigenvalue weighted by atomic mass is 16.4. The second-order valence-corrected chi connectivity index (χ2v) is 4.75. The maximum absolute atomic E-state index is 11.4. The summed E-state index contributed by atoms with van der Waals surface area (Å²) >= 11 is 0. The number of hydrogen-bond acceptors (Lipinski definition) is 5. The van der Waals surface area contributed by atoms with Gasteiger partial charge in [-0.3, -0.25) is 0 Å². The van der Waals surface area contributed by atoms with Crippen LogP contribution in [0.25, 0.3) is 0 Å². The molecule has 2 aromatic heterocycles. The van der Waals surface area contributed by atoms with Crippen LogP contribution in [-0.2, 0) is 0 Å². The Hall–Kier alpha value is -2.37. The van der Waals surface area contributed by atoms with Crippen molar-refractivity contribution in [1.82, 2.24) is 10.2 Å². The molecule has 0 aliphatic heterocycles. The Balaban J connectivity index is 2.34. The second-order valence-electron chi connectivity index (χ2n) is 4.75. The molecule has 2 heterocycles. The van der Waals surface area contributed by atoms with Crippen LogP contribution in [0.3, 0.4) is 0 Å². The highest BCUT2D eigenvalue weighted by molar-refractivity contribution is 5.94. The average Bonchev–Trinajstić information content (AvgIpc) is 2.80. The molecule has 0 amide bonds. The van der Waals surface area contributed by atoms with Crippen molar-refractivity contribution in [1.29, 1.82) is 0 Å². The summed E-state index contributed by atoms with van der Waals surface area (Å²) < 4.78 is 5.51. The molecule has 0 saturated carbocycles. The van der Waals surface area contributed by atoms with Crippen molar-refractivity contribution in [2.24, 2.45) is 0 Å². The molecule has 0 bridgehead atoms. The molecular formula is C14H17N3O3. The lowest BCUT2D eigenvalue weighted by Crippen LogP contribution is -2.15. The number of carboxylic acid groups (broad SMARTS) is 1. The van der Waals surface area contributed by atoms with Crippen LogP contribution in [-0.4, -0.2) is 21.3 Å². The summed E-state index contributed by atoms with van der Waals surface area (Å²) in [4.78, 5) is 11.4. The number of rotatable bonds is 4. The maximum atomic E-state index is 11.4. The van der Waals surface area contributed by atoms with E-state index in [1.165, 1.54) is 0 Å². The Morgan fingerprint density at radius 1 is 1.30 bits per heavy atom. The van der Waals surface area contributed by atoms with E-state index in [1.807, 2.05) is 26.0 Å². The van der Waals surface area contributed by atoms with Gasteiger partial charge in [-0.2, -0.15) is 5.10 Å². The number of nitrogens with one attached hydrogen (secondary N) is 1. The second kappa shape index (κ2) is 5.32. The predicted molar refractivity (Wildman–Crippen MR) is 73.9 cm³/mol. The number of hydrogen-bond donors (Lipinski definition) is 2. The van der Waals surface area contributed by atoms with Crippen molar-refractivity contribution < 1.29 is 14.3 Å². The Kier molecular flexibility index (Phi) is 3.74. The van der Waals surface area contributed by atoms with Crippen molar-refractivity contribution in [2.45, 2.75) is 33.7 Å². The first-order valence-electron chi connectivity index (χ1n) is 6.30. The topological polar surface area (TPSA) is 88.2 Å². The van der Waals surface area contributed by atoms with Crippen LogP contribution >= 0.6 is 0 Å². The smallest absolute Gasteiger partial charge is 0.339 e. The highest BCUT2D eigenvalue weighted by Crippen LogP contribution is 2.24. The Labute approximate surface area is 116 Å². The molecular weight excluding hydrogens is 258 g/mol. The van der Waals surface area contributed by atoms with Gasteiger partial charge in [0.15, 0.2) is 5.82 Å². The Bertz CT molecular complexity index is 649. The lowest BCUT2D eigenvalue weighted by Gasteiger charge is -2.15. The molecule has 106 valence electrons. The van der Waals surface area contributed by atoms with Crippen LogP contribution < -0.4 is 5.32 Å². The van der Waals surface area contributed by atoms with Gasteiger partial charge >= 0.3 is 5.97 Å². The molecule has 0 saturated heterocycles. The van der Waals surface area contributed by atoms with E-state index in [-0.39, 0.29) is 17.4 Å². The molecule has 1 unspecified atom stereocenters. The molecule has 0 aliphatic rings. The molecule has 0 aromatic carbocycles. The minimum Gasteiger partial charge on any atom is -0.478 e. The molecule has 0 spiro atoms. The fourth-order valence-electron chi connectivity index (χ4n) is 1.93. The number of aromatic carboxylic acids is 1. The number of furan rings is 1. The van der Waals surface area contributed by atoms with E-state index in [0.29, 0.717) is 11.3 Å². The molecule has 6 heteroatoms. The Morgan fingerprint density at radius 2 is 2.00 bits per heavy atom. The number of aromatic nitrogens is 2. The van der Waals surface area contributed by atoms with Crippen molar-refractivity contribution in [3.05, 3.63) is 40.5 Å². The summed E-state index contributed by atoms with van der Waals surface area (Å²) in [6.07, 6.45) is 0. The van der Waals surface area contributed by atoms with E-state index >= 15 is 0 Å². The summed E-state index contributed by atoms with van der Waals surface area (Å²) in [5.74, 6) is 0.755. The molecule has 0 aliphatic carbocycles. The van der Waals surface area contributed by atoms with Gasteiger partial charge in [0.2, 0.25) is 0 Å². The highest BCUT2D eigenvalue weighted by Gasteiger charge is 2.20. The van der Waals surface area contributed by atoms with Gasteiger partial charge in [-0.15, -0.1) is 5.10 Å². The number of carboxylic acids is 1. The predicted octanol–water partition coefficient (Wildman–Crippen LogP) is 2.87. The molecule has 20 heavy (non-hydrogen) atoms. The van der Waals surface area contributed by atoms with Crippen molar-refractivity contribution >= 4 is 11.8 Å². The number of aryl methyl sites for hydroxylation is 2. The van der Waals surface area contributed by atoms with Gasteiger partial charge in [-0.05, 0) is 45.4 Å². The molecule has 1 atom stereocenters. The van der Waals surface area contributed by atoms with Gasteiger partial charge in [-0.25, -0.2) is 4.79 Å². The summed E-state index contributed by atoms with van der Waals surface area (Å²) in [6, 6.07) is 3.51. The van der Waals surface area contributed by atoms with Crippen LogP contribution in [0, 0.1) is 20.8 Å². The largest absolute Gasteiger partial charge is 0.478 e. The fraction of sp³-hybridized carbons (Fsp3) is 0.357. The minimum absolute atomic E-state index is 0.146. The van der Waals surface area contributed by atoms with Crippen LogP contribution in [0.15, 0.2) is 16.5 Å². The van der Waals surface area contributed by atoms with Gasteiger partial charge in [0, 0.05) is 0 Å². The van der Waals surface area contributed by atoms with Crippen LogP contribution in [0.1, 0.15) is 46.1 Å². The first-order chi connectivity index (χ1) is 9.40. The van der Waals surface area contributed by atoms with E-state index in [4.69, 9.17) is 4.42 Å². The first kappa shape index (κ1) is 14.0. The van der Waals surface area contributed by atoms with E-state index in [1.54, 1.807) is 13.8 Å². The van der Waals surface area contributed by atoms with Crippen molar-refractivity contribution in [2.75, 3.05) is 5.32 Å². The number of nitrogens with zero attached hydrogens (tertiary/aromatic N) is 2. The third kappa shape index (κ3) is 2.64. The van der Waals surface area contributed by atoms with E-state index in [0.717, 1.165) is 11.5 Å². The van der Waals surface area contributed by atoms with Gasteiger partial charge in [0.25, 0.3) is 0 Å². The van der Waals surface area contributed by atoms with E-state index < -0.39 is 5.97 Å². The summed E-state index contributed by atoms with van der Waals surface area (Å²) in [5.41, 5.74) is 1.36. The lowest BCUT2D eigenvalue weighted by molar-refractivity contribution is 0.0696. The van der Waals surface area contributed by atoms with Crippen LogP contribution in [0.4, 0.5) is 5.82 Å². The summed E-state index contributed by atoms with van der Waals surface area (Å²) in [7, 11) is 0. The number of anilines is 1. The molecule has 2 rings (SSSR count). The summed E-state index contributed by atoms with van der Waals surface area (Å²) in [6.45, 7) is 7.19. The lowest BCUT2D eigenvalue weighted by atomic mass is 10.1. The van der Waals surface area contributed by atoms with Gasteiger partial charge in [0.05, 0.1) is 11.7 Å². The minimum atomic E-state index is -1.02. The SMILES string of the molecule is Cc1ccc(C(C)Nc2nnc(C)c(C)c2C(=O)O)o1. The molecule has 0 radical (unpaired) electrons. The zero-order chi connectivity index (χ0) is 14.9. The molecule has 6 nitrogen and oxygen atoms in total. The van der Waals surface area contributed by atoms with E-state index in [9.17, 15) is 9.90 Å². The van der Waals surface area contributed by atoms with Crippen molar-refractivity contribution in [3.8, 4) is 0 Å². The van der Waals surface area contributed by atoms with E-state index in [2.05, 4.69) is 15.5 Å². The van der Waals surface area contributed by atoms with Gasteiger partial charge < -0.3 is 14.8 Å². The molecule has 0 fully saturated rings. The maximum Gasteiger partial charge on any atom is 0.339 e. The number of carbonyl (C=O) groups is 1. The van der Waals surface area contributed by atoms with Gasteiger partial charge in [0.1, 0.15) is 17.1 Å². The summed E-state index contributed by atoms with van der Waals surface area (Å²) in [5, 5.41) is 20.3. The standard InChI is InChI=1S/C14H17N3O3/c1-7-5-6-11(20-7)10(4)15-13-12(14(18)19)8(2)9(3)16-17-13/h5-6,10H,1-4H3,(H,15,17)(H,18,19). The fourth-order valence-corrected chi connectivity index (χ4v) is 1.93. The third-order valence-electron chi connectivity index (χ3n) is 3.21. The molecule has 2 aromatic rings. The van der Waals surface area contributed by atoms with Crippen LogP contribution in [0.5, 0.6) is 0 Å². The quantitative estimate of drug-likeness (QED) is 0.892. The normalized spacial score (nSPS) is 12.2. The first-order valence-corrected chi connectivity index (χ1v) is 6.30.